The monoisotopic (exact) mass is 368 g/mol. The van der Waals surface area contributed by atoms with Crippen LogP contribution in [0.4, 0.5) is 5.69 Å². The lowest BCUT2D eigenvalue weighted by Crippen LogP contribution is -2.48. The Labute approximate surface area is 158 Å². The maximum absolute atomic E-state index is 12.4. The predicted molar refractivity (Wildman–Crippen MR) is 106 cm³/mol. The van der Waals surface area contributed by atoms with Crippen LogP contribution in [0.1, 0.15) is 22.8 Å². The van der Waals surface area contributed by atoms with Crippen molar-refractivity contribution >= 4 is 35.1 Å². The second-order valence-corrected chi connectivity index (χ2v) is 6.74. The molecule has 0 N–H and O–H groups in total. The van der Waals surface area contributed by atoms with Crippen molar-refractivity contribution in [1.82, 2.24) is 4.90 Å². The summed E-state index contributed by atoms with van der Waals surface area (Å²) >= 11 is 5.86. The molecule has 1 amide bonds. The number of ketones is 1. The molecule has 1 fully saturated rings. The van der Waals surface area contributed by atoms with Crippen molar-refractivity contribution in [2.75, 3.05) is 31.1 Å². The van der Waals surface area contributed by atoms with Gasteiger partial charge in [-0.2, -0.15) is 0 Å². The molecule has 0 radical (unpaired) electrons. The van der Waals surface area contributed by atoms with E-state index in [9.17, 15) is 9.59 Å². The molecule has 0 spiro atoms. The molecule has 3 rings (SSSR count). The molecule has 0 saturated carbocycles. The molecule has 0 unspecified atom stereocenters. The number of amides is 1. The quantitative estimate of drug-likeness (QED) is 0.607. The Kier molecular flexibility index (Phi) is 5.74. The standard InChI is InChI=1S/C21H21ClN2O2/c1-16(25)18-5-9-20(10-6-18)23-12-14-24(15-13-23)21(26)11-4-17-2-7-19(22)8-3-17/h2-11H,12-15H2,1H3/b11-4+. The van der Waals surface area contributed by atoms with Crippen LogP contribution in [0.25, 0.3) is 6.08 Å². The third-order valence-corrected chi connectivity index (χ3v) is 4.77. The third kappa shape index (κ3) is 4.52. The van der Waals surface area contributed by atoms with Crippen LogP contribution in [-0.4, -0.2) is 42.8 Å². The summed E-state index contributed by atoms with van der Waals surface area (Å²) < 4.78 is 0. The number of anilines is 1. The van der Waals surface area contributed by atoms with E-state index in [1.54, 1.807) is 13.0 Å². The van der Waals surface area contributed by atoms with Gasteiger partial charge in [0.05, 0.1) is 0 Å². The van der Waals surface area contributed by atoms with Crippen molar-refractivity contribution in [3.8, 4) is 0 Å². The molecule has 0 atom stereocenters. The normalized spacial score (nSPS) is 14.7. The van der Waals surface area contributed by atoms with Crippen LogP contribution in [0.5, 0.6) is 0 Å². The molecule has 5 heteroatoms. The maximum Gasteiger partial charge on any atom is 0.246 e. The molecule has 0 bridgehead atoms. The second-order valence-electron chi connectivity index (χ2n) is 6.30. The number of nitrogens with zero attached hydrogens (tertiary/aromatic N) is 2. The largest absolute Gasteiger partial charge is 0.368 e. The van der Waals surface area contributed by atoms with Gasteiger partial charge >= 0.3 is 0 Å². The molecule has 1 aliphatic heterocycles. The van der Waals surface area contributed by atoms with E-state index >= 15 is 0 Å². The summed E-state index contributed by atoms with van der Waals surface area (Å²) in [5, 5.41) is 0.681. The number of rotatable bonds is 4. The number of carbonyl (C=O) groups excluding carboxylic acids is 2. The van der Waals surface area contributed by atoms with E-state index in [4.69, 9.17) is 11.6 Å². The topological polar surface area (TPSA) is 40.6 Å². The minimum Gasteiger partial charge on any atom is -0.368 e. The number of carbonyl (C=O) groups is 2. The average Bonchev–Trinajstić information content (AvgIpc) is 2.67. The van der Waals surface area contributed by atoms with Crippen molar-refractivity contribution in [2.24, 2.45) is 0 Å². The van der Waals surface area contributed by atoms with Crippen LogP contribution in [0.15, 0.2) is 54.6 Å². The van der Waals surface area contributed by atoms with Gasteiger partial charge in [0.2, 0.25) is 5.91 Å². The molecule has 1 heterocycles. The highest BCUT2D eigenvalue weighted by atomic mass is 35.5. The average molecular weight is 369 g/mol. The van der Waals surface area contributed by atoms with Crippen LogP contribution in [0.2, 0.25) is 5.02 Å². The van der Waals surface area contributed by atoms with Gasteiger partial charge in [-0.05, 0) is 55.0 Å². The van der Waals surface area contributed by atoms with Crippen LogP contribution in [0, 0.1) is 0 Å². The maximum atomic E-state index is 12.4. The van der Waals surface area contributed by atoms with Crippen LogP contribution in [-0.2, 0) is 4.79 Å². The minimum atomic E-state index is 0.0199. The highest BCUT2D eigenvalue weighted by Crippen LogP contribution is 2.18. The molecule has 4 nitrogen and oxygen atoms in total. The summed E-state index contributed by atoms with van der Waals surface area (Å²) in [6.07, 6.45) is 3.42. The number of benzene rings is 2. The lowest BCUT2D eigenvalue weighted by Gasteiger charge is -2.35. The Morgan fingerprint density at radius 2 is 1.54 bits per heavy atom. The van der Waals surface area contributed by atoms with Crippen LogP contribution >= 0.6 is 11.6 Å². The Balaban J connectivity index is 1.55. The van der Waals surface area contributed by atoms with Gasteiger partial charge in [0, 0.05) is 48.5 Å². The first-order valence-corrected chi connectivity index (χ1v) is 8.99. The number of Topliss-reactive ketones (excluding diaryl/α,β-unsaturated/α-hetero) is 1. The minimum absolute atomic E-state index is 0.0199. The number of hydrogen-bond donors (Lipinski definition) is 0. The van der Waals surface area contributed by atoms with Gasteiger partial charge in [-0.15, -0.1) is 0 Å². The van der Waals surface area contributed by atoms with Crippen molar-refractivity contribution in [2.45, 2.75) is 6.92 Å². The Bertz CT molecular complexity index is 805. The van der Waals surface area contributed by atoms with E-state index in [-0.39, 0.29) is 11.7 Å². The Hall–Kier alpha value is -2.59. The summed E-state index contributed by atoms with van der Waals surface area (Å²) in [5.74, 6) is 0.0889. The number of hydrogen-bond acceptors (Lipinski definition) is 3. The number of halogens is 1. The molecule has 1 saturated heterocycles. The van der Waals surface area contributed by atoms with Gasteiger partial charge in [0.15, 0.2) is 5.78 Å². The van der Waals surface area contributed by atoms with Crippen LogP contribution < -0.4 is 4.90 Å². The van der Waals surface area contributed by atoms with Crippen molar-refractivity contribution in [3.63, 3.8) is 0 Å². The van der Waals surface area contributed by atoms with Crippen molar-refractivity contribution in [3.05, 3.63) is 70.8 Å². The summed E-state index contributed by atoms with van der Waals surface area (Å²) in [6.45, 7) is 4.48. The first-order chi connectivity index (χ1) is 12.5. The first-order valence-electron chi connectivity index (χ1n) is 8.61. The predicted octanol–water partition coefficient (Wildman–Crippen LogP) is 3.90. The van der Waals surface area contributed by atoms with Gasteiger partial charge in [-0.3, -0.25) is 9.59 Å². The van der Waals surface area contributed by atoms with E-state index in [1.165, 1.54) is 0 Å². The zero-order chi connectivity index (χ0) is 18.5. The van der Waals surface area contributed by atoms with Gasteiger partial charge < -0.3 is 9.80 Å². The van der Waals surface area contributed by atoms with Crippen molar-refractivity contribution < 1.29 is 9.59 Å². The van der Waals surface area contributed by atoms with Gasteiger partial charge in [0.1, 0.15) is 0 Å². The Morgan fingerprint density at radius 3 is 2.12 bits per heavy atom. The van der Waals surface area contributed by atoms with Gasteiger partial charge in [0.25, 0.3) is 0 Å². The Morgan fingerprint density at radius 1 is 0.923 bits per heavy atom. The molecular formula is C21H21ClN2O2. The highest BCUT2D eigenvalue weighted by Gasteiger charge is 2.19. The van der Waals surface area contributed by atoms with Crippen molar-refractivity contribution in [1.29, 1.82) is 0 Å². The summed E-state index contributed by atoms with van der Waals surface area (Å²) in [6, 6.07) is 15.0. The second kappa shape index (κ2) is 8.19. The summed E-state index contributed by atoms with van der Waals surface area (Å²) in [7, 11) is 0. The molecule has 0 aromatic heterocycles. The van der Waals surface area contributed by atoms with E-state index < -0.39 is 0 Å². The molecule has 134 valence electrons. The molecule has 2 aromatic carbocycles. The molecule has 26 heavy (non-hydrogen) atoms. The zero-order valence-electron chi connectivity index (χ0n) is 14.7. The molecular weight excluding hydrogens is 348 g/mol. The third-order valence-electron chi connectivity index (χ3n) is 4.52. The van der Waals surface area contributed by atoms with E-state index in [1.807, 2.05) is 59.5 Å². The van der Waals surface area contributed by atoms with E-state index in [2.05, 4.69) is 4.90 Å². The molecule has 2 aromatic rings. The smallest absolute Gasteiger partial charge is 0.246 e. The summed E-state index contributed by atoms with van der Waals surface area (Å²) in [4.78, 5) is 27.8. The molecule has 1 aliphatic rings. The van der Waals surface area contributed by atoms with Gasteiger partial charge in [-0.1, -0.05) is 23.7 Å². The SMILES string of the molecule is CC(=O)c1ccc(N2CCN(C(=O)/C=C/c3ccc(Cl)cc3)CC2)cc1. The van der Waals surface area contributed by atoms with Gasteiger partial charge in [-0.25, -0.2) is 0 Å². The van der Waals surface area contributed by atoms with Crippen LogP contribution in [0.3, 0.4) is 0 Å². The molecule has 0 aliphatic carbocycles. The summed E-state index contributed by atoms with van der Waals surface area (Å²) in [5.41, 5.74) is 2.75. The highest BCUT2D eigenvalue weighted by molar-refractivity contribution is 6.30. The lowest BCUT2D eigenvalue weighted by molar-refractivity contribution is -0.126. The fourth-order valence-corrected chi connectivity index (χ4v) is 3.06. The van der Waals surface area contributed by atoms with E-state index in [0.717, 1.165) is 29.9 Å². The fraction of sp³-hybridized carbons (Fsp3) is 0.238. The zero-order valence-corrected chi connectivity index (χ0v) is 15.4. The van der Waals surface area contributed by atoms with E-state index in [0.29, 0.717) is 18.1 Å². The fourth-order valence-electron chi connectivity index (χ4n) is 2.94. The number of piperazine rings is 1. The lowest BCUT2D eigenvalue weighted by atomic mass is 10.1. The first kappa shape index (κ1) is 18.2.